The molecule has 2 aliphatic rings. The van der Waals surface area contributed by atoms with Crippen LogP contribution < -0.4 is 5.32 Å². The standard InChI is InChI=1S/C11H20N2O3S/c1-9-11(14)13(6-3-2-5-12-9)10-4-7-17(15,16)8-10/h9-10,12H,2-8H2,1H3. The van der Waals surface area contributed by atoms with Gasteiger partial charge in [-0.25, -0.2) is 8.42 Å². The van der Waals surface area contributed by atoms with Crippen molar-refractivity contribution in [1.82, 2.24) is 10.2 Å². The van der Waals surface area contributed by atoms with Gasteiger partial charge in [-0.1, -0.05) is 0 Å². The number of carbonyl (C=O) groups excluding carboxylic acids is 1. The Morgan fingerprint density at radius 1 is 1.35 bits per heavy atom. The molecule has 98 valence electrons. The number of nitrogens with one attached hydrogen (secondary N) is 1. The van der Waals surface area contributed by atoms with E-state index in [1.54, 1.807) is 4.90 Å². The summed E-state index contributed by atoms with van der Waals surface area (Å²) in [4.78, 5) is 13.9. The van der Waals surface area contributed by atoms with Crippen LogP contribution in [-0.4, -0.2) is 55.9 Å². The van der Waals surface area contributed by atoms with Gasteiger partial charge in [0.1, 0.15) is 0 Å². The summed E-state index contributed by atoms with van der Waals surface area (Å²) < 4.78 is 22.9. The lowest BCUT2D eigenvalue weighted by atomic mass is 10.1. The SMILES string of the molecule is CC1NCCCCN(C2CCS(=O)(=O)C2)C1=O. The second-order valence-corrected chi connectivity index (χ2v) is 7.20. The molecule has 2 aliphatic heterocycles. The molecule has 0 aromatic carbocycles. The first-order chi connectivity index (χ1) is 7.99. The number of sulfone groups is 1. The molecule has 1 N–H and O–H groups in total. The van der Waals surface area contributed by atoms with E-state index < -0.39 is 9.84 Å². The number of rotatable bonds is 1. The maximum absolute atomic E-state index is 12.2. The molecule has 5 nitrogen and oxygen atoms in total. The van der Waals surface area contributed by atoms with Gasteiger partial charge in [-0.05, 0) is 32.7 Å². The monoisotopic (exact) mass is 260 g/mol. The van der Waals surface area contributed by atoms with Crippen LogP contribution >= 0.6 is 0 Å². The molecule has 0 aliphatic carbocycles. The molecular formula is C11H20N2O3S. The van der Waals surface area contributed by atoms with Crippen molar-refractivity contribution in [1.29, 1.82) is 0 Å². The Labute approximate surface area is 102 Å². The topological polar surface area (TPSA) is 66.5 Å². The van der Waals surface area contributed by atoms with E-state index in [2.05, 4.69) is 5.32 Å². The summed E-state index contributed by atoms with van der Waals surface area (Å²) in [7, 11) is -2.92. The van der Waals surface area contributed by atoms with Gasteiger partial charge in [0, 0.05) is 12.6 Å². The molecule has 6 heteroatoms. The molecule has 2 rings (SSSR count). The molecule has 0 saturated carbocycles. The summed E-state index contributed by atoms with van der Waals surface area (Å²) in [5.74, 6) is 0.418. The smallest absolute Gasteiger partial charge is 0.239 e. The van der Waals surface area contributed by atoms with E-state index in [-0.39, 0.29) is 29.5 Å². The van der Waals surface area contributed by atoms with Gasteiger partial charge in [-0.15, -0.1) is 0 Å². The van der Waals surface area contributed by atoms with Crippen LogP contribution in [0.5, 0.6) is 0 Å². The first-order valence-electron chi connectivity index (χ1n) is 6.24. The van der Waals surface area contributed by atoms with Gasteiger partial charge >= 0.3 is 0 Å². The molecular weight excluding hydrogens is 240 g/mol. The molecule has 2 fully saturated rings. The first-order valence-corrected chi connectivity index (χ1v) is 8.06. The summed E-state index contributed by atoms with van der Waals surface area (Å²) in [5, 5.41) is 3.17. The van der Waals surface area contributed by atoms with Gasteiger partial charge in [0.05, 0.1) is 17.5 Å². The Morgan fingerprint density at radius 3 is 2.76 bits per heavy atom. The Balaban J connectivity index is 2.09. The van der Waals surface area contributed by atoms with Gasteiger partial charge < -0.3 is 10.2 Å². The number of hydrogen-bond donors (Lipinski definition) is 1. The second kappa shape index (κ2) is 4.94. The van der Waals surface area contributed by atoms with Gasteiger partial charge in [0.25, 0.3) is 0 Å². The van der Waals surface area contributed by atoms with Crippen LogP contribution in [0, 0.1) is 0 Å². The van der Waals surface area contributed by atoms with Crippen molar-refractivity contribution in [3.63, 3.8) is 0 Å². The van der Waals surface area contributed by atoms with Crippen molar-refractivity contribution in [3.05, 3.63) is 0 Å². The molecule has 2 unspecified atom stereocenters. The Hall–Kier alpha value is -0.620. The summed E-state index contributed by atoms with van der Waals surface area (Å²) in [5.41, 5.74) is 0. The molecule has 0 aromatic rings. The molecule has 1 amide bonds. The fourth-order valence-corrected chi connectivity index (χ4v) is 4.29. The number of hydrogen-bond acceptors (Lipinski definition) is 4. The third-order valence-corrected chi connectivity index (χ3v) is 5.33. The zero-order chi connectivity index (χ0) is 12.5. The van der Waals surface area contributed by atoms with E-state index in [4.69, 9.17) is 0 Å². The highest BCUT2D eigenvalue weighted by Gasteiger charge is 2.36. The lowest BCUT2D eigenvalue weighted by molar-refractivity contribution is -0.135. The third-order valence-electron chi connectivity index (χ3n) is 3.58. The van der Waals surface area contributed by atoms with Crippen molar-refractivity contribution in [2.75, 3.05) is 24.6 Å². The maximum atomic E-state index is 12.2. The van der Waals surface area contributed by atoms with Crippen LogP contribution in [0.3, 0.4) is 0 Å². The van der Waals surface area contributed by atoms with Crippen LogP contribution in [0.1, 0.15) is 26.2 Å². The van der Waals surface area contributed by atoms with Crippen LogP contribution in [0.25, 0.3) is 0 Å². The zero-order valence-electron chi connectivity index (χ0n) is 10.2. The quantitative estimate of drug-likeness (QED) is 0.707. The molecule has 0 spiro atoms. The summed E-state index contributed by atoms with van der Waals surface area (Å²) in [6.45, 7) is 3.42. The van der Waals surface area contributed by atoms with Crippen LogP contribution in [-0.2, 0) is 14.6 Å². The molecule has 17 heavy (non-hydrogen) atoms. The van der Waals surface area contributed by atoms with Crippen LogP contribution in [0.2, 0.25) is 0 Å². The lowest BCUT2D eigenvalue weighted by Crippen LogP contribution is -2.51. The average molecular weight is 260 g/mol. The molecule has 0 bridgehead atoms. The van der Waals surface area contributed by atoms with E-state index in [1.165, 1.54) is 0 Å². The summed E-state index contributed by atoms with van der Waals surface area (Å²) >= 11 is 0. The van der Waals surface area contributed by atoms with Gasteiger partial charge in [0.2, 0.25) is 5.91 Å². The first kappa shape index (κ1) is 12.8. The van der Waals surface area contributed by atoms with Gasteiger partial charge in [0.15, 0.2) is 9.84 Å². The molecule has 0 radical (unpaired) electrons. The van der Waals surface area contributed by atoms with Crippen LogP contribution in [0.4, 0.5) is 0 Å². The van der Waals surface area contributed by atoms with Crippen molar-refractivity contribution < 1.29 is 13.2 Å². The molecule has 0 aromatic heterocycles. The highest BCUT2D eigenvalue weighted by molar-refractivity contribution is 7.91. The van der Waals surface area contributed by atoms with Crippen molar-refractivity contribution in [3.8, 4) is 0 Å². The van der Waals surface area contributed by atoms with E-state index in [0.717, 1.165) is 19.4 Å². The van der Waals surface area contributed by atoms with Crippen molar-refractivity contribution in [2.24, 2.45) is 0 Å². The largest absolute Gasteiger partial charge is 0.337 e. The normalized spacial score (nSPS) is 34.4. The molecule has 2 saturated heterocycles. The Bertz CT molecular complexity index is 394. The minimum absolute atomic E-state index is 0.0480. The fraction of sp³-hybridized carbons (Fsp3) is 0.909. The molecule has 2 atom stereocenters. The number of nitrogens with zero attached hydrogens (tertiary/aromatic N) is 1. The van der Waals surface area contributed by atoms with E-state index >= 15 is 0 Å². The third kappa shape index (κ3) is 2.98. The van der Waals surface area contributed by atoms with E-state index in [1.807, 2.05) is 6.92 Å². The number of carbonyl (C=O) groups is 1. The van der Waals surface area contributed by atoms with Crippen molar-refractivity contribution in [2.45, 2.75) is 38.3 Å². The minimum Gasteiger partial charge on any atom is -0.337 e. The summed E-state index contributed by atoms with van der Waals surface area (Å²) in [6, 6.07) is -0.298. The Kier molecular flexibility index (Phi) is 3.73. The number of amides is 1. The highest BCUT2D eigenvalue weighted by Crippen LogP contribution is 2.20. The van der Waals surface area contributed by atoms with E-state index in [9.17, 15) is 13.2 Å². The van der Waals surface area contributed by atoms with E-state index in [0.29, 0.717) is 13.0 Å². The Morgan fingerprint density at radius 2 is 2.12 bits per heavy atom. The predicted octanol–water partition coefficient (Wildman–Crippen LogP) is -0.226. The van der Waals surface area contributed by atoms with Crippen molar-refractivity contribution >= 4 is 15.7 Å². The van der Waals surface area contributed by atoms with Crippen LogP contribution in [0.15, 0.2) is 0 Å². The second-order valence-electron chi connectivity index (χ2n) is 4.97. The maximum Gasteiger partial charge on any atom is 0.239 e. The minimum atomic E-state index is -2.92. The zero-order valence-corrected chi connectivity index (χ0v) is 11.0. The average Bonchev–Trinajstić information content (AvgIpc) is 2.60. The lowest BCUT2D eigenvalue weighted by Gasteiger charge is -2.33. The predicted molar refractivity (Wildman–Crippen MR) is 65.5 cm³/mol. The van der Waals surface area contributed by atoms with Gasteiger partial charge in [-0.2, -0.15) is 0 Å². The van der Waals surface area contributed by atoms with Gasteiger partial charge in [-0.3, -0.25) is 4.79 Å². The molecule has 2 heterocycles. The fourth-order valence-electron chi connectivity index (χ4n) is 2.56. The summed E-state index contributed by atoms with van der Waals surface area (Å²) in [6.07, 6.45) is 2.58. The highest BCUT2D eigenvalue weighted by atomic mass is 32.2.